The summed E-state index contributed by atoms with van der Waals surface area (Å²) >= 11 is 0. The van der Waals surface area contributed by atoms with E-state index in [0.717, 1.165) is 11.8 Å². The van der Waals surface area contributed by atoms with Gasteiger partial charge in [-0.25, -0.2) is 0 Å². The molecule has 0 aliphatic heterocycles. The van der Waals surface area contributed by atoms with Gasteiger partial charge in [-0.1, -0.05) is 35.9 Å². The second kappa shape index (κ2) is 7.29. The summed E-state index contributed by atoms with van der Waals surface area (Å²) in [5, 5.41) is 4.04. The Morgan fingerprint density at radius 2 is 1.76 bits per heavy atom. The Bertz CT molecular complexity index is 829. The lowest BCUT2D eigenvalue weighted by molar-refractivity contribution is -0.170. The van der Waals surface area contributed by atoms with E-state index in [1.54, 1.807) is 44.2 Å². The van der Waals surface area contributed by atoms with Crippen LogP contribution in [0.4, 0.5) is 18.9 Å². The minimum atomic E-state index is -5.07. The predicted octanol–water partition coefficient (Wildman–Crippen LogP) is 4.05. The molecule has 25 heavy (non-hydrogen) atoms. The molecule has 0 atom stereocenters. The number of rotatable bonds is 4. The number of hydrogen-bond acceptors (Lipinski definition) is 3. The quantitative estimate of drug-likeness (QED) is 0.476. The molecule has 0 unspecified atom stereocenters. The lowest BCUT2D eigenvalue weighted by Gasteiger charge is -2.20. The summed E-state index contributed by atoms with van der Waals surface area (Å²) in [4.78, 5) is 22.6. The number of aryl methyl sites for hydroxylation is 2. The first-order chi connectivity index (χ1) is 11.7. The van der Waals surface area contributed by atoms with Crippen LogP contribution in [-0.4, -0.2) is 24.6 Å². The van der Waals surface area contributed by atoms with Gasteiger partial charge >= 0.3 is 12.1 Å². The Morgan fingerprint density at radius 3 is 2.36 bits per heavy atom. The molecule has 0 heterocycles. The summed E-state index contributed by atoms with van der Waals surface area (Å²) in [5.41, 5.74) is 2.12. The molecule has 0 saturated heterocycles. The molecule has 0 saturated carbocycles. The number of hydrogen-bond donors (Lipinski definition) is 0. The van der Waals surface area contributed by atoms with Crippen molar-refractivity contribution in [3.05, 3.63) is 64.7 Å². The second-order valence-electron chi connectivity index (χ2n) is 5.44. The average Bonchev–Trinajstić information content (AvgIpc) is 2.55. The van der Waals surface area contributed by atoms with Gasteiger partial charge in [0.2, 0.25) is 0 Å². The van der Waals surface area contributed by atoms with Crippen LogP contribution in [0.5, 0.6) is 0 Å². The van der Waals surface area contributed by atoms with Gasteiger partial charge in [0, 0.05) is 5.56 Å². The van der Waals surface area contributed by atoms with Crippen LogP contribution in [0.25, 0.3) is 0 Å². The maximum absolute atomic E-state index is 12.9. The van der Waals surface area contributed by atoms with Crippen LogP contribution in [-0.2, 0) is 4.79 Å². The van der Waals surface area contributed by atoms with Crippen molar-refractivity contribution in [1.29, 1.82) is 0 Å². The SMILES string of the molecule is Cc1ccc(N(/N=C\c2cccc(C=O)c2)C(=O)C(F)(F)F)c(C)c1. The monoisotopic (exact) mass is 348 g/mol. The Balaban J connectivity index is 2.46. The highest BCUT2D eigenvalue weighted by atomic mass is 19.4. The molecule has 0 spiro atoms. The zero-order valence-electron chi connectivity index (χ0n) is 13.5. The topological polar surface area (TPSA) is 49.7 Å². The summed E-state index contributed by atoms with van der Waals surface area (Å²) < 4.78 is 38.8. The number of hydrazone groups is 1. The van der Waals surface area contributed by atoms with E-state index in [-0.39, 0.29) is 5.69 Å². The molecule has 2 aromatic carbocycles. The van der Waals surface area contributed by atoms with Crippen LogP contribution in [0.2, 0.25) is 0 Å². The number of amides is 1. The number of carbonyl (C=O) groups is 2. The number of carbonyl (C=O) groups excluding carboxylic acids is 2. The summed E-state index contributed by atoms with van der Waals surface area (Å²) in [6, 6.07) is 10.8. The van der Waals surface area contributed by atoms with E-state index in [4.69, 9.17) is 0 Å². The van der Waals surface area contributed by atoms with Crippen molar-refractivity contribution in [3.8, 4) is 0 Å². The molecule has 0 bridgehead atoms. The summed E-state index contributed by atoms with van der Waals surface area (Å²) in [6.45, 7) is 3.39. The highest BCUT2D eigenvalue weighted by molar-refractivity contribution is 5.99. The molecule has 4 nitrogen and oxygen atoms in total. The van der Waals surface area contributed by atoms with Crippen LogP contribution < -0.4 is 5.01 Å². The number of benzene rings is 2. The van der Waals surface area contributed by atoms with Crippen LogP contribution in [0.1, 0.15) is 27.0 Å². The Kier molecular flexibility index (Phi) is 5.36. The molecule has 0 aliphatic carbocycles. The number of nitrogens with zero attached hydrogens (tertiary/aromatic N) is 2. The molecule has 0 aliphatic rings. The first-order valence-electron chi connectivity index (χ1n) is 7.30. The lowest BCUT2D eigenvalue weighted by atomic mass is 10.1. The minimum Gasteiger partial charge on any atom is -0.298 e. The average molecular weight is 348 g/mol. The molecule has 0 N–H and O–H groups in total. The van der Waals surface area contributed by atoms with Gasteiger partial charge in [0.1, 0.15) is 6.29 Å². The largest absolute Gasteiger partial charge is 0.473 e. The van der Waals surface area contributed by atoms with E-state index in [1.807, 2.05) is 0 Å². The van der Waals surface area contributed by atoms with Gasteiger partial charge in [-0.15, -0.1) is 0 Å². The van der Waals surface area contributed by atoms with Crippen molar-refractivity contribution in [1.82, 2.24) is 0 Å². The third-order valence-electron chi connectivity index (χ3n) is 3.38. The normalized spacial score (nSPS) is 11.6. The van der Waals surface area contributed by atoms with Crippen LogP contribution in [0.15, 0.2) is 47.6 Å². The summed E-state index contributed by atoms with van der Waals surface area (Å²) in [6.07, 6.45) is -3.35. The number of aldehydes is 1. The third-order valence-corrected chi connectivity index (χ3v) is 3.38. The van der Waals surface area contributed by atoms with Crippen molar-refractivity contribution in [2.75, 3.05) is 5.01 Å². The van der Waals surface area contributed by atoms with E-state index >= 15 is 0 Å². The first kappa shape index (κ1) is 18.4. The van der Waals surface area contributed by atoms with E-state index < -0.39 is 12.1 Å². The van der Waals surface area contributed by atoms with E-state index in [2.05, 4.69) is 5.10 Å². The van der Waals surface area contributed by atoms with E-state index in [9.17, 15) is 22.8 Å². The summed E-state index contributed by atoms with van der Waals surface area (Å²) in [5.74, 6) is -2.10. The molecular weight excluding hydrogens is 333 g/mol. The zero-order valence-corrected chi connectivity index (χ0v) is 13.5. The molecular formula is C18H15F3N2O2. The summed E-state index contributed by atoms with van der Waals surface area (Å²) in [7, 11) is 0. The van der Waals surface area contributed by atoms with E-state index in [0.29, 0.717) is 28.0 Å². The molecule has 2 aromatic rings. The number of halogens is 3. The van der Waals surface area contributed by atoms with Crippen LogP contribution in [0, 0.1) is 13.8 Å². The predicted molar refractivity (Wildman–Crippen MR) is 88.9 cm³/mol. The maximum Gasteiger partial charge on any atom is 0.473 e. The van der Waals surface area contributed by atoms with Crippen molar-refractivity contribution in [3.63, 3.8) is 0 Å². The van der Waals surface area contributed by atoms with Crippen LogP contribution in [0.3, 0.4) is 0 Å². The Labute approximate surface area is 142 Å². The molecule has 1 amide bonds. The smallest absolute Gasteiger partial charge is 0.298 e. The fourth-order valence-corrected chi connectivity index (χ4v) is 2.22. The first-order valence-corrected chi connectivity index (χ1v) is 7.30. The fourth-order valence-electron chi connectivity index (χ4n) is 2.22. The van der Waals surface area contributed by atoms with Gasteiger partial charge in [-0.05, 0) is 37.1 Å². The Hall–Kier alpha value is -2.96. The van der Waals surface area contributed by atoms with Crippen molar-refractivity contribution < 1.29 is 22.8 Å². The number of alkyl halides is 3. The van der Waals surface area contributed by atoms with Gasteiger partial charge in [0.15, 0.2) is 0 Å². The molecule has 7 heteroatoms. The number of anilines is 1. The second-order valence-corrected chi connectivity index (χ2v) is 5.44. The van der Waals surface area contributed by atoms with Gasteiger partial charge in [-0.2, -0.15) is 23.3 Å². The highest BCUT2D eigenvalue weighted by Gasteiger charge is 2.43. The molecule has 0 aromatic heterocycles. The molecule has 130 valence electrons. The molecule has 0 radical (unpaired) electrons. The van der Waals surface area contributed by atoms with Gasteiger partial charge < -0.3 is 0 Å². The minimum absolute atomic E-state index is 0.0377. The van der Waals surface area contributed by atoms with Gasteiger partial charge in [0.05, 0.1) is 11.9 Å². The fraction of sp³-hybridized carbons (Fsp3) is 0.167. The standard InChI is InChI=1S/C18H15F3N2O2/c1-12-6-7-16(13(2)8-12)23(17(25)18(19,20)21)22-10-14-4-3-5-15(9-14)11-24/h3-11H,1-2H3/b22-10-. The lowest BCUT2D eigenvalue weighted by Crippen LogP contribution is -2.38. The zero-order chi connectivity index (χ0) is 18.6. The van der Waals surface area contributed by atoms with Gasteiger partial charge in [-0.3, -0.25) is 9.59 Å². The van der Waals surface area contributed by atoms with Crippen molar-refractivity contribution >= 4 is 24.1 Å². The van der Waals surface area contributed by atoms with Crippen molar-refractivity contribution in [2.24, 2.45) is 5.10 Å². The third kappa shape index (κ3) is 4.53. The van der Waals surface area contributed by atoms with E-state index in [1.165, 1.54) is 12.1 Å². The maximum atomic E-state index is 12.9. The molecule has 0 fully saturated rings. The highest BCUT2D eigenvalue weighted by Crippen LogP contribution is 2.27. The molecule has 2 rings (SSSR count). The van der Waals surface area contributed by atoms with Crippen LogP contribution >= 0.6 is 0 Å². The van der Waals surface area contributed by atoms with Gasteiger partial charge in [0.25, 0.3) is 0 Å². The van der Waals surface area contributed by atoms with Crippen molar-refractivity contribution in [2.45, 2.75) is 20.0 Å². The Morgan fingerprint density at radius 1 is 1.08 bits per heavy atom.